The van der Waals surface area contributed by atoms with Crippen LogP contribution in [0.3, 0.4) is 0 Å². The summed E-state index contributed by atoms with van der Waals surface area (Å²) in [4.78, 5) is 29.1. The lowest BCUT2D eigenvalue weighted by Gasteiger charge is -2.32. The van der Waals surface area contributed by atoms with Gasteiger partial charge in [0.1, 0.15) is 0 Å². The predicted octanol–water partition coefficient (Wildman–Crippen LogP) is 3.03. The van der Waals surface area contributed by atoms with Crippen LogP contribution in [0.2, 0.25) is 0 Å². The Kier molecular flexibility index (Phi) is 8.06. The molecule has 5 rings (SSSR count). The van der Waals surface area contributed by atoms with Crippen LogP contribution in [0.25, 0.3) is 22.0 Å². The number of primary amides is 2. The Hall–Kier alpha value is -3.21. The SMILES string of the molecule is NC(=O)c1cc(-c2ccccc2)cc2c(C3CCN(S(=O)(=O)CCCN4CCC(C(N)=O)CC4)CC3)c[nH]c12. The van der Waals surface area contributed by atoms with Gasteiger partial charge in [-0.2, -0.15) is 0 Å². The molecule has 2 aromatic carbocycles. The largest absolute Gasteiger partial charge is 0.369 e. The summed E-state index contributed by atoms with van der Waals surface area (Å²) in [5, 5.41) is 0.964. The summed E-state index contributed by atoms with van der Waals surface area (Å²) in [6.45, 7) is 3.23. The molecule has 9 nitrogen and oxygen atoms in total. The van der Waals surface area contributed by atoms with Gasteiger partial charge in [0.2, 0.25) is 15.9 Å². The third-order valence-electron chi connectivity index (χ3n) is 8.35. The number of aromatic nitrogens is 1. The topological polar surface area (TPSA) is 143 Å². The molecule has 2 saturated heterocycles. The number of amides is 2. The molecule has 10 heteroatoms. The highest BCUT2D eigenvalue weighted by molar-refractivity contribution is 7.89. The van der Waals surface area contributed by atoms with E-state index in [9.17, 15) is 18.0 Å². The van der Waals surface area contributed by atoms with E-state index in [-0.39, 0.29) is 23.5 Å². The van der Waals surface area contributed by atoms with Crippen LogP contribution in [0.1, 0.15) is 53.9 Å². The van der Waals surface area contributed by atoms with Gasteiger partial charge < -0.3 is 21.4 Å². The van der Waals surface area contributed by atoms with E-state index < -0.39 is 15.9 Å². The van der Waals surface area contributed by atoms with Crippen molar-refractivity contribution in [2.24, 2.45) is 17.4 Å². The molecular formula is C29H37N5O4S. The highest BCUT2D eigenvalue weighted by atomic mass is 32.2. The average Bonchev–Trinajstić information content (AvgIpc) is 3.37. The number of nitrogens with one attached hydrogen (secondary N) is 1. The van der Waals surface area contributed by atoms with E-state index in [0.717, 1.165) is 53.5 Å². The monoisotopic (exact) mass is 551 g/mol. The number of carbonyl (C=O) groups excluding carboxylic acids is 2. The van der Waals surface area contributed by atoms with Crippen LogP contribution in [0.15, 0.2) is 48.7 Å². The molecule has 2 fully saturated rings. The van der Waals surface area contributed by atoms with E-state index >= 15 is 0 Å². The number of fused-ring (bicyclic) bond motifs is 1. The summed E-state index contributed by atoms with van der Waals surface area (Å²) < 4.78 is 27.8. The van der Waals surface area contributed by atoms with Crippen molar-refractivity contribution >= 4 is 32.7 Å². The summed E-state index contributed by atoms with van der Waals surface area (Å²) in [5.41, 5.74) is 15.4. The van der Waals surface area contributed by atoms with Gasteiger partial charge in [-0.15, -0.1) is 0 Å². The molecule has 3 heterocycles. The maximum absolute atomic E-state index is 13.1. The lowest BCUT2D eigenvalue weighted by molar-refractivity contribution is -0.123. The maximum atomic E-state index is 13.1. The first-order valence-corrected chi connectivity index (χ1v) is 15.3. The Balaban J connectivity index is 1.22. The standard InChI is InChI=1S/C29H37N5O4S/c30-28(35)22-7-12-33(13-8-22)11-4-16-39(37,38)34-14-9-21(10-15-34)26-19-32-27-24(26)17-23(18-25(27)29(31)36)20-5-2-1-3-6-20/h1-3,5-6,17-19,21-22,32H,4,7-16H2,(H2,30,35)(H2,31,36). The molecule has 2 aliphatic heterocycles. The van der Waals surface area contributed by atoms with E-state index in [4.69, 9.17) is 11.5 Å². The third-order valence-corrected chi connectivity index (χ3v) is 10.3. The normalized spacial score (nSPS) is 18.5. The molecule has 0 aliphatic carbocycles. The fourth-order valence-corrected chi connectivity index (χ4v) is 7.59. The molecule has 3 aromatic rings. The number of aromatic amines is 1. The average molecular weight is 552 g/mol. The molecule has 0 saturated carbocycles. The summed E-state index contributed by atoms with van der Waals surface area (Å²) in [7, 11) is -3.34. The zero-order valence-corrected chi connectivity index (χ0v) is 23.0. The second-order valence-electron chi connectivity index (χ2n) is 10.8. The van der Waals surface area contributed by atoms with E-state index in [1.165, 1.54) is 0 Å². The van der Waals surface area contributed by atoms with Gasteiger partial charge >= 0.3 is 0 Å². The van der Waals surface area contributed by atoms with Crippen molar-refractivity contribution in [3.8, 4) is 11.1 Å². The van der Waals surface area contributed by atoms with Crippen molar-refractivity contribution < 1.29 is 18.0 Å². The Labute approximate surface area is 229 Å². The number of hydrogen-bond acceptors (Lipinski definition) is 5. The zero-order chi connectivity index (χ0) is 27.6. The smallest absolute Gasteiger partial charge is 0.250 e. The molecule has 1 aromatic heterocycles. The van der Waals surface area contributed by atoms with Crippen LogP contribution in [0.4, 0.5) is 0 Å². The van der Waals surface area contributed by atoms with E-state index in [0.29, 0.717) is 44.5 Å². The molecule has 0 atom stereocenters. The van der Waals surface area contributed by atoms with Crippen LogP contribution >= 0.6 is 0 Å². The number of nitrogens with two attached hydrogens (primary N) is 2. The summed E-state index contributed by atoms with van der Waals surface area (Å²) in [5.74, 6) is -0.468. The van der Waals surface area contributed by atoms with Crippen molar-refractivity contribution in [1.82, 2.24) is 14.2 Å². The molecule has 0 spiro atoms. The molecule has 208 valence electrons. The number of nitrogens with zero attached hydrogens (tertiary/aromatic N) is 2. The highest BCUT2D eigenvalue weighted by Gasteiger charge is 2.30. The lowest BCUT2D eigenvalue weighted by Crippen LogP contribution is -2.41. The van der Waals surface area contributed by atoms with Crippen LogP contribution in [-0.4, -0.2) is 72.9 Å². The number of rotatable bonds is 9. The minimum atomic E-state index is -3.34. The van der Waals surface area contributed by atoms with Crippen molar-refractivity contribution in [3.63, 3.8) is 0 Å². The second-order valence-corrected chi connectivity index (χ2v) is 12.9. The van der Waals surface area contributed by atoms with E-state index in [2.05, 4.69) is 16.0 Å². The summed E-state index contributed by atoms with van der Waals surface area (Å²) >= 11 is 0. The van der Waals surface area contributed by atoms with Gasteiger partial charge in [0.25, 0.3) is 5.91 Å². The number of carbonyl (C=O) groups is 2. The third kappa shape index (κ3) is 6.03. The van der Waals surface area contributed by atoms with Crippen LogP contribution < -0.4 is 11.5 Å². The minimum Gasteiger partial charge on any atom is -0.369 e. The fourth-order valence-electron chi connectivity index (χ4n) is 6.07. The zero-order valence-electron chi connectivity index (χ0n) is 22.1. The van der Waals surface area contributed by atoms with E-state index in [1.54, 1.807) is 4.31 Å². The van der Waals surface area contributed by atoms with Crippen molar-refractivity contribution in [1.29, 1.82) is 0 Å². The number of benzene rings is 2. The number of likely N-dealkylation sites (tertiary alicyclic amines) is 1. The van der Waals surface area contributed by atoms with Crippen molar-refractivity contribution in [2.45, 2.75) is 38.0 Å². The van der Waals surface area contributed by atoms with Crippen molar-refractivity contribution in [2.75, 3.05) is 38.5 Å². The Morgan fingerprint density at radius 1 is 0.923 bits per heavy atom. The molecule has 0 unspecified atom stereocenters. The maximum Gasteiger partial charge on any atom is 0.250 e. The van der Waals surface area contributed by atoms with Gasteiger partial charge in [0.05, 0.1) is 16.8 Å². The van der Waals surface area contributed by atoms with Gasteiger partial charge in [-0.05, 0) is 86.5 Å². The van der Waals surface area contributed by atoms with Gasteiger partial charge in [-0.3, -0.25) is 9.59 Å². The van der Waals surface area contributed by atoms with Crippen molar-refractivity contribution in [3.05, 3.63) is 59.8 Å². The predicted molar refractivity (Wildman–Crippen MR) is 153 cm³/mol. The number of hydrogen-bond donors (Lipinski definition) is 3. The van der Waals surface area contributed by atoms with Crippen LogP contribution in [0, 0.1) is 5.92 Å². The molecule has 2 amide bonds. The van der Waals surface area contributed by atoms with Gasteiger partial charge in [0.15, 0.2) is 0 Å². The fraction of sp³-hybridized carbons (Fsp3) is 0.448. The first-order chi connectivity index (χ1) is 18.7. The molecule has 0 bridgehead atoms. The van der Waals surface area contributed by atoms with Gasteiger partial charge in [0, 0.05) is 30.6 Å². The molecule has 39 heavy (non-hydrogen) atoms. The summed E-state index contributed by atoms with van der Waals surface area (Å²) in [6.07, 6.45) is 5.45. The molecule has 5 N–H and O–H groups in total. The Bertz CT molecular complexity index is 1440. The van der Waals surface area contributed by atoms with Crippen LogP contribution in [0.5, 0.6) is 0 Å². The molecule has 2 aliphatic rings. The van der Waals surface area contributed by atoms with E-state index in [1.807, 2.05) is 42.6 Å². The number of sulfonamides is 1. The molecule has 0 radical (unpaired) electrons. The number of H-pyrrole nitrogens is 1. The quantitative estimate of drug-likeness (QED) is 0.375. The van der Waals surface area contributed by atoms with Gasteiger partial charge in [-0.1, -0.05) is 30.3 Å². The molecular weight excluding hydrogens is 514 g/mol. The van der Waals surface area contributed by atoms with Crippen LogP contribution in [-0.2, 0) is 14.8 Å². The first-order valence-electron chi connectivity index (χ1n) is 13.7. The number of piperidine rings is 2. The second kappa shape index (κ2) is 11.5. The first kappa shape index (κ1) is 27.4. The lowest BCUT2D eigenvalue weighted by atomic mass is 9.88. The summed E-state index contributed by atoms with van der Waals surface area (Å²) in [6, 6.07) is 13.8. The Morgan fingerprint density at radius 2 is 1.62 bits per heavy atom. The van der Waals surface area contributed by atoms with Gasteiger partial charge in [-0.25, -0.2) is 12.7 Å². The highest BCUT2D eigenvalue weighted by Crippen LogP contribution is 2.37. The Morgan fingerprint density at radius 3 is 2.26 bits per heavy atom. The minimum absolute atomic E-state index is 0.0595.